The zero-order valence-electron chi connectivity index (χ0n) is 9.60. The third-order valence-corrected chi connectivity index (χ3v) is 3.16. The Balaban J connectivity index is 2.58. The van der Waals surface area contributed by atoms with E-state index in [2.05, 4.69) is 27.4 Å². The van der Waals surface area contributed by atoms with E-state index in [9.17, 15) is 8.42 Å². The van der Waals surface area contributed by atoms with Crippen molar-refractivity contribution in [3.63, 3.8) is 0 Å². The Kier molecular flexibility index (Phi) is 4.88. The molecule has 0 fully saturated rings. The maximum absolute atomic E-state index is 11.1. The van der Waals surface area contributed by atoms with Crippen LogP contribution in [0.5, 0.6) is 0 Å². The molecule has 7 heteroatoms. The topological polar surface area (TPSA) is 87.7 Å². The van der Waals surface area contributed by atoms with Gasteiger partial charge in [-0.1, -0.05) is 6.92 Å². The summed E-state index contributed by atoms with van der Waals surface area (Å²) in [5, 5.41) is 9.78. The first-order chi connectivity index (χ1) is 7.53. The molecule has 0 aliphatic heterocycles. The minimum Gasteiger partial charge on any atom is -0.307 e. The van der Waals surface area contributed by atoms with Gasteiger partial charge < -0.3 is 5.32 Å². The molecule has 0 aliphatic rings. The van der Waals surface area contributed by atoms with Gasteiger partial charge in [0.05, 0.1) is 11.8 Å². The maximum Gasteiger partial charge on any atom is 0.147 e. The summed E-state index contributed by atoms with van der Waals surface area (Å²) < 4.78 is 22.2. The molecule has 1 aromatic heterocycles. The summed E-state index contributed by atoms with van der Waals surface area (Å²) in [4.78, 5) is 4.05. The average molecular weight is 246 g/mol. The summed E-state index contributed by atoms with van der Waals surface area (Å²) in [5.74, 6) is 0.840. The van der Waals surface area contributed by atoms with Crippen LogP contribution in [-0.4, -0.2) is 42.2 Å². The molecule has 16 heavy (non-hydrogen) atoms. The highest BCUT2D eigenvalue weighted by molar-refractivity contribution is 7.90. The summed E-state index contributed by atoms with van der Waals surface area (Å²) in [6, 6.07) is -0.0721. The summed E-state index contributed by atoms with van der Waals surface area (Å²) in [5.41, 5.74) is 0. The van der Waals surface area contributed by atoms with Crippen molar-refractivity contribution in [1.29, 1.82) is 0 Å². The Morgan fingerprint density at radius 3 is 2.81 bits per heavy atom. The second-order valence-electron chi connectivity index (χ2n) is 3.80. The number of hydrogen-bond acceptors (Lipinski definition) is 5. The number of nitrogens with zero attached hydrogens (tertiary/aromatic N) is 2. The minimum absolute atomic E-state index is 0.0721. The van der Waals surface area contributed by atoms with Gasteiger partial charge in [0.2, 0.25) is 0 Å². The average Bonchev–Trinajstić information content (AvgIpc) is 2.69. The molecule has 1 heterocycles. The van der Waals surface area contributed by atoms with Crippen LogP contribution in [0.1, 0.15) is 31.6 Å². The van der Waals surface area contributed by atoms with Crippen molar-refractivity contribution in [1.82, 2.24) is 20.5 Å². The zero-order valence-corrected chi connectivity index (χ0v) is 10.4. The normalized spacial score (nSPS) is 13.9. The van der Waals surface area contributed by atoms with Crippen molar-refractivity contribution in [2.75, 3.05) is 18.6 Å². The van der Waals surface area contributed by atoms with E-state index in [4.69, 9.17) is 0 Å². The smallest absolute Gasteiger partial charge is 0.147 e. The van der Waals surface area contributed by atoms with Gasteiger partial charge in [0, 0.05) is 6.26 Å². The monoisotopic (exact) mass is 246 g/mol. The lowest BCUT2D eigenvalue weighted by atomic mass is 10.2. The Labute approximate surface area is 95.8 Å². The molecule has 0 bridgehead atoms. The fraction of sp³-hybridized carbons (Fsp3) is 0.778. The van der Waals surface area contributed by atoms with Crippen LogP contribution in [0, 0.1) is 0 Å². The molecule has 92 valence electrons. The number of aromatic amines is 1. The number of rotatable bonds is 7. The third kappa shape index (κ3) is 4.71. The Morgan fingerprint density at radius 2 is 2.31 bits per heavy atom. The van der Waals surface area contributed by atoms with Crippen LogP contribution in [0.15, 0.2) is 6.33 Å². The van der Waals surface area contributed by atoms with Gasteiger partial charge in [-0.05, 0) is 19.4 Å². The van der Waals surface area contributed by atoms with Gasteiger partial charge in [-0.25, -0.2) is 13.4 Å². The molecule has 1 aromatic rings. The third-order valence-electron chi connectivity index (χ3n) is 2.18. The van der Waals surface area contributed by atoms with Crippen molar-refractivity contribution >= 4 is 9.84 Å². The van der Waals surface area contributed by atoms with Gasteiger partial charge in [0.25, 0.3) is 0 Å². The molecule has 0 amide bonds. The van der Waals surface area contributed by atoms with Crippen molar-refractivity contribution in [2.24, 2.45) is 0 Å². The second kappa shape index (κ2) is 5.95. The van der Waals surface area contributed by atoms with Crippen LogP contribution in [0.4, 0.5) is 0 Å². The molecule has 0 saturated heterocycles. The SMILES string of the molecule is CCCNC(CCS(C)(=O)=O)c1ncn[nH]1. The van der Waals surface area contributed by atoms with Gasteiger partial charge in [-0.3, -0.25) is 5.10 Å². The van der Waals surface area contributed by atoms with Crippen LogP contribution in [0.2, 0.25) is 0 Å². The van der Waals surface area contributed by atoms with Crippen LogP contribution < -0.4 is 5.32 Å². The molecular formula is C9H18N4O2S. The molecule has 2 N–H and O–H groups in total. The molecule has 1 rings (SSSR count). The number of nitrogens with one attached hydrogen (secondary N) is 2. The van der Waals surface area contributed by atoms with Crippen LogP contribution in [-0.2, 0) is 9.84 Å². The first-order valence-corrected chi connectivity index (χ1v) is 7.35. The summed E-state index contributed by atoms with van der Waals surface area (Å²) >= 11 is 0. The van der Waals surface area contributed by atoms with Gasteiger partial charge in [-0.2, -0.15) is 5.10 Å². The Bertz CT molecular complexity index is 388. The zero-order chi connectivity index (χ0) is 12.0. The van der Waals surface area contributed by atoms with E-state index in [0.29, 0.717) is 12.2 Å². The van der Waals surface area contributed by atoms with E-state index in [0.717, 1.165) is 13.0 Å². The van der Waals surface area contributed by atoms with Gasteiger partial charge in [0.15, 0.2) is 0 Å². The first-order valence-electron chi connectivity index (χ1n) is 5.29. The lowest BCUT2D eigenvalue weighted by Gasteiger charge is -2.14. The molecule has 0 aromatic carbocycles. The first kappa shape index (κ1) is 13.1. The van der Waals surface area contributed by atoms with E-state index in [-0.39, 0.29) is 11.8 Å². The van der Waals surface area contributed by atoms with Gasteiger partial charge in [-0.15, -0.1) is 0 Å². The van der Waals surface area contributed by atoms with Crippen LogP contribution in [0.25, 0.3) is 0 Å². The van der Waals surface area contributed by atoms with E-state index in [1.807, 2.05) is 0 Å². The van der Waals surface area contributed by atoms with Crippen molar-refractivity contribution in [3.05, 3.63) is 12.2 Å². The lowest BCUT2D eigenvalue weighted by molar-refractivity contribution is 0.493. The van der Waals surface area contributed by atoms with E-state index < -0.39 is 9.84 Å². The predicted molar refractivity (Wildman–Crippen MR) is 61.7 cm³/mol. The molecular weight excluding hydrogens is 228 g/mol. The fourth-order valence-corrected chi connectivity index (χ4v) is 2.03. The van der Waals surface area contributed by atoms with Gasteiger partial charge in [0.1, 0.15) is 22.0 Å². The highest BCUT2D eigenvalue weighted by Crippen LogP contribution is 2.12. The second-order valence-corrected chi connectivity index (χ2v) is 6.06. The summed E-state index contributed by atoms with van der Waals surface area (Å²) in [7, 11) is -2.94. The molecule has 0 spiro atoms. The summed E-state index contributed by atoms with van der Waals surface area (Å²) in [6.07, 6.45) is 4.16. The van der Waals surface area contributed by atoms with Crippen molar-refractivity contribution in [2.45, 2.75) is 25.8 Å². The van der Waals surface area contributed by atoms with E-state index >= 15 is 0 Å². The van der Waals surface area contributed by atoms with Gasteiger partial charge >= 0.3 is 0 Å². The fourth-order valence-electron chi connectivity index (χ4n) is 1.37. The van der Waals surface area contributed by atoms with Crippen molar-refractivity contribution in [3.8, 4) is 0 Å². The van der Waals surface area contributed by atoms with Crippen LogP contribution >= 0.6 is 0 Å². The maximum atomic E-state index is 11.1. The molecule has 0 aliphatic carbocycles. The molecule has 1 unspecified atom stereocenters. The lowest BCUT2D eigenvalue weighted by Crippen LogP contribution is -2.25. The number of aromatic nitrogens is 3. The number of sulfone groups is 1. The Hall–Kier alpha value is -0.950. The number of hydrogen-bond donors (Lipinski definition) is 2. The minimum atomic E-state index is -2.94. The molecule has 0 saturated carbocycles. The summed E-state index contributed by atoms with van der Waals surface area (Å²) in [6.45, 7) is 2.89. The quantitative estimate of drug-likeness (QED) is 0.721. The highest BCUT2D eigenvalue weighted by Gasteiger charge is 2.15. The molecule has 1 atom stereocenters. The van der Waals surface area contributed by atoms with Crippen molar-refractivity contribution < 1.29 is 8.42 Å². The number of H-pyrrole nitrogens is 1. The van der Waals surface area contributed by atoms with Crippen LogP contribution in [0.3, 0.4) is 0 Å². The highest BCUT2D eigenvalue weighted by atomic mass is 32.2. The predicted octanol–water partition coefficient (Wildman–Crippen LogP) is 0.280. The molecule has 0 radical (unpaired) electrons. The largest absolute Gasteiger partial charge is 0.307 e. The Morgan fingerprint density at radius 1 is 1.56 bits per heavy atom. The van der Waals surface area contributed by atoms with E-state index in [1.165, 1.54) is 12.6 Å². The standard InChI is InChI=1S/C9H18N4O2S/c1-3-5-10-8(4-6-16(2,14)15)9-11-7-12-13-9/h7-8,10H,3-6H2,1-2H3,(H,11,12,13). The van der Waals surface area contributed by atoms with E-state index in [1.54, 1.807) is 0 Å². The molecule has 6 nitrogen and oxygen atoms in total.